The van der Waals surface area contributed by atoms with Crippen molar-refractivity contribution in [2.24, 2.45) is 0 Å². The topological polar surface area (TPSA) is 96.0 Å². The Morgan fingerprint density at radius 2 is 1.72 bits per heavy atom. The lowest BCUT2D eigenvalue weighted by Gasteiger charge is -2.33. The largest absolute Gasteiger partial charge is 0.492 e. The highest BCUT2D eigenvalue weighted by Crippen LogP contribution is 2.33. The van der Waals surface area contributed by atoms with Crippen LogP contribution in [0.3, 0.4) is 0 Å². The molecule has 0 aliphatic heterocycles. The highest BCUT2D eigenvalue weighted by atomic mass is 79.9. The highest BCUT2D eigenvalue weighted by molar-refractivity contribution is 9.10. The number of nitrogens with one attached hydrogen (secondary N) is 1. The van der Waals surface area contributed by atoms with Gasteiger partial charge in [-0.05, 0) is 80.8 Å². The van der Waals surface area contributed by atoms with E-state index >= 15 is 0 Å². The van der Waals surface area contributed by atoms with Crippen LogP contribution in [0.1, 0.15) is 51.5 Å². The minimum atomic E-state index is -4.25. The summed E-state index contributed by atoms with van der Waals surface area (Å²) in [5, 5.41) is 3.50. The van der Waals surface area contributed by atoms with E-state index in [4.69, 9.17) is 16.3 Å². The fraction of sp³-hybridized carbons (Fsp3) is 0.375. The van der Waals surface area contributed by atoms with E-state index in [1.807, 2.05) is 24.3 Å². The molecular formula is C32H37BrClN3O5S. The molecule has 3 aromatic rings. The van der Waals surface area contributed by atoms with E-state index in [1.54, 1.807) is 38.1 Å². The number of nitrogens with zero attached hydrogens (tertiary/aromatic N) is 2. The molecule has 0 aromatic heterocycles. The van der Waals surface area contributed by atoms with Gasteiger partial charge in [0.2, 0.25) is 11.8 Å². The smallest absolute Gasteiger partial charge is 0.264 e. The second-order valence-electron chi connectivity index (χ2n) is 10.5. The van der Waals surface area contributed by atoms with Crippen LogP contribution in [-0.2, 0) is 26.2 Å². The van der Waals surface area contributed by atoms with Crippen molar-refractivity contribution in [1.29, 1.82) is 0 Å². The number of amides is 2. The molecule has 230 valence electrons. The molecule has 1 fully saturated rings. The molecule has 11 heteroatoms. The van der Waals surface area contributed by atoms with Gasteiger partial charge in [-0.1, -0.05) is 71.1 Å². The summed E-state index contributed by atoms with van der Waals surface area (Å²) >= 11 is 9.52. The SMILES string of the molecule is CCOc1ccccc1N(CC(=O)N(Cc1cccc(Br)c1)C(C)C(=O)NC1CCCCC1)S(=O)(=O)c1ccc(Cl)cc1. The predicted molar refractivity (Wildman–Crippen MR) is 173 cm³/mol. The first-order valence-corrected chi connectivity index (χ1v) is 17.1. The lowest BCUT2D eigenvalue weighted by atomic mass is 9.95. The average Bonchev–Trinajstić information content (AvgIpc) is 2.99. The lowest BCUT2D eigenvalue weighted by Crippen LogP contribution is -2.53. The van der Waals surface area contributed by atoms with Crippen molar-refractivity contribution >= 4 is 55.1 Å². The van der Waals surface area contributed by atoms with Gasteiger partial charge in [-0.3, -0.25) is 13.9 Å². The molecule has 4 rings (SSSR count). The van der Waals surface area contributed by atoms with Crippen molar-refractivity contribution in [3.63, 3.8) is 0 Å². The van der Waals surface area contributed by atoms with Crippen LogP contribution in [0.15, 0.2) is 82.2 Å². The summed E-state index contributed by atoms with van der Waals surface area (Å²) in [6.45, 7) is 3.34. The van der Waals surface area contributed by atoms with Gasteiger partial charge in [-0.2, -0.15) is 0 Å². The summed E-state index contributed by atoms with van der Waals surface area (Å²) in [5.41, 5.74) is 1.01. The predicted octanol–water partition coefficient (Wildman–Crippen LogP) is 6.56. The van der Waals surface area contributed by atoms with Crippen LogP contribution in [0.4, 0.5) is 5.69 Å². The maximum absolute atomic E-state index is 14.2. The van der Waals surface area contributed by atoms with Crippen molar-refractivity contribution < 1.29 is 22.7 Å². The Balaban J connectivity index is 1.72. The van der Waals surface area contributed by atoms with Gasteiger partial charge in [0, 0.05) is 22.1 Å². The van der Waals surface area contributed by atoms with Gasteiger partial charge >= 0.3 is 0 Å². The Morgan fingerprint density at radius 1 is 1.02 bits per heavy atom. The van der Waals surface area contributed by atoms with Crippen LogP contribution >= 0.6 is 27.5 Å². The Kier molecular flexibility index (Phi) is 11.5. The van der Waals surface area contributed by atoms with Crippen LogP contribution in [0.2, 0.25) is 5.02 Å². The molecule has 8 nitrogen and oxygen atoms in total. The lowest BCUT2D eigenvalue weighted by molar-refractivity contribution is -0.139. The number of carbonyl (C=O) groups excluding carboxylic acids is 2. The van der Waals surface area contributed by atoms with Gasteiger partial charge in [0.25, 0.3) is 10.0 Å². The number of para-hydroxylation sites is 2. The number of anilines is 1. The van der Waals surface area contributed by atoms with Gasteiger partial charge in [0.05, 0.1) is 17.2 Å². The zero-order valence-corrected chi connectivity index (χ0v) is 27.5. The second-order valence-corrected chi connectivity index (χ2v) is 13.8. The van der Waals surface area contributed by atoms with Gasteiger partial charge in [-0.25, -0.2) is 8.42 Å². The van der Waals surface area contributed by atoms with Gasteiger partial charge in [0.1, 0.15) is 18.3 Å². The first-order valence-electron chi connectivity index (χ1n) is 14.4. The third-order valence-corrected chi connectivity index (χ3v) is 9.99. The highest BCUT2D eigenvalue weighted by Gasteiger charge is 2.34. The molecule has 43 heavy (non-hydrogen) atoms. The van der Waals surface area contributed by atoms with Crippen LogP contribution in [0, 0.1) is 0 Å². The number of rotatable bonds is 12. The molecule has 0 heterocycles. The summed E-state index contributed by atoms with van der Waals surface area (Å²) < 4.78 is 35.8. The molecule has 1 saturated carbocycles. The summed E-state index contributed by atoms with van der Waals surface area (Å²) in [5.74, 6) is -0.482. The molecule has 0 bridgehead atoms. The second kappa shape index (κ2) is 15.1. The first-order chi connectivity index (χ1) is 20.6. The van der Waals surface area contributed by atoms with Crippen LogP contribution in [0.5, 0.6) is 5.75 Å². The van der Waals surface area contributed by atoms with Crippen molar-refractivity contribution in [3.05, 3.63) is 87.9 Å². The Morgan fingerprint density at radius 3 is 2.40 bits per heavy atom. The first kappa shape index (κ1) is 32.8. The van der Waals surface area contributed by atoms with Crippen LogP contribution < -0.4 is 14.4 Å². The fourth-order valence-electron chi connectivity index (χ4n) is 5.17. The standard InChI is InChI=1S/C32H37BrClN3O5S/c1-3-42-30-15-8-7-14-29(30)37(43(40,41)28-18-16-26(34)17-19-28)22-31(38)36(21-24-10-9-11-25(33)20-24)23(2)32(39)35-27-12-5-4-6-13-27/h7-11,14-20,23,27H,3-6,12-13,21-22H2,1-2H3,(H,35,39). The Hall–Kier alpha value is -3.08. The summed E-state index contributed by atoms with van der Waals surface area (Å²) in [7, 11) is -4.25. The zero-order valence-electron chi connectivity index (χ0n) is 24.3. The molecule has 3 aromatic carbocycles. The van der Waals surface area contributed by atoms with E-state index < -0.39 is 28.5 Å². The minimum Gasteiger partial charge on any atom is -0.492 e. The van der Waals surface area contributed by atoms with E-state index in [0.717, 1.165) is 46.4 Å². The van der Waals surface area contributed by atoms with Crippen molar-refractivity contribution in [3.8, 4) is 5.75 Å². The van der Waals surface area contributed by atoms with Crippen molar-refractivity contribution in [2.75, 3.05) is 17.5 Å². The molecule has 1 aliphatic rings. The van der Waals surface area contributed by atoms with Gasteiger partial charge in [-0.15, -0.1) is 0 Å². The molecular weight excluding hydrogens is 654 g/mol. The molecule has 0 radical (unpaired) electrons. The normalized spacial score (nSPS) is 14.5. The maximum atomic E-state index is 14.2. The van der Waals surface area contributed by atoms with Crippen LogP contribution in [0.25, 0.3) is 0 Å². The third kappa shape index (κ3) is 8.52. The molecule has 1 atom stereocenters. The van der Waals surface area contributed by atoms with E-state index in [-0.39, 0.29) is 29.1 Å². The van der Waals surface area contributed by atoms with E-state index in [2.05, 4.69) is 21.2 Å². The quantitative estimate of drug-likeness (QED) is 0.232. The number of halogens is 2. The Labute approximate surface area is 267 Å². The number of hydrogen-bond acceptors (Lipinski definition) is 5. The zero-order chi connectivity index (χ0) is 31.0. The molecule has 0 saturated heterocycles. The molecule has 1 N–H and O–H groups in total. The fourth-order valence-corrected chi connectivity index (χ4v) is 7.17. The van der Waals surface area contributed by atoms with Crippen molar-refractivity contribution in [1.82, 2.24) is 10.2 Å². The number of ether oxygens (including phenoxy) is 1. The van der Waals surface area contributed by atoms with Crippen LogP contribution in [-0.4, -0.2) is 50.4 Å². The molecule has 1 unspecified atom stereocenters. The minimum absolute atomic E-state index is 0.0300. The molecule has 2 amide bonds. The molecule has 0 spiro atoms. The third-order valence-electron chi connectivity index (χ3n) is 7.48. The van der Waals surface area contributed by atoms with Gasteiger partial charge < -0.3 is 15.0 Å². The Bertz CT molecular complexity index is 1510. The average molecular weight is 691 g/mol. The number of hydrogen-bond donors (Lipinski definition) is 1. The number of benzene rings is 3. The van der Waals surface area contributed by atoms with E-state index in [9.17, 15) is 18.0 Å². The maximum Gasteiger partial charge on any atom is 0.264 e. The number of carbonyl (C=O) groups is 2. The van der Waals surface area contributed by atoms with E-state index in [1.165, 1.54) is 29.2 Å². The molecule has 1 aliphatic carbocycles. The van der Waals surface area contributed by atoms with Gasteiger partial charge in [0.15, 0.2) is 0 Å². The monoisotopic (exact) mass is 689 g/mol. The van der Waals surface area contributed by atoms with Crippen molar-refractivity contribution in [2.45, 2.75) is 69.5 Å². The number of sulfonamides is 1. The summed E-state index contributed by atoms with van der Waals surface area (Å²) in [4.78, 5) is 29.1. The summed E-state index contributed by atoms with van der Waals surface area (Å²) in [6, 6.07) is 19.1. The van der Waals surface area contributed by atoms with E-state index in [0.29, 0.717) is 17.4 Å². The summed E-state index contributed by atoms with van der Waals surface area (Å²) in [6.07, 6.45) is 5.06.